The molecule has 3 nitrogen and oxygen atoms in total. The van der Waals surface area contributed by atoms with E-state index in [2.05, 4.69) is 0 Å². The van der Waals surface area contributed by atoms with E-state index in [1.54, 1.807) is 13.8 Å². The highest BCUT2D eigenvalue weighted by Gasteiger charge is 2.33. The highest BCUT2D eigenvalue weighted by Crippen LogP contribution is 2.34. The Kier molecular flexibility index (Phi) is 4.79. The van der Waals surface area contributed by atoms with Crippen molar-refractivity contribution in [1.82, 2.24) is 0 Å². The third-order valence-corrected chi connectivity index (χ3v) is 3.22. The fourth-order valence-corrected chi connectivity index (χ4v) is 1.68. The van der Waals surface area contributed by atoms with Gasteiger partial charge in [-0.3, -0.25) is 0 Å². The lowest BCUT2D eigenvalue weighted by atomic mass is 10.5. The Bertz CT molecular complexity index is 104. The Morgan fingerprint density at radius 3 is 1.70 bits per heavy atom. The molecular weight excluding hydrogens is 151 g/mol. The first-order valence-corrected chi connectivity index (χ1v) is 4.84. The fraction of sp³-hybridized carbons (Fsp3) is 1.00. The molecule has 0 saturated heterocycles. The summed E-state index contributed by atoms with van der Waals surface area (Å²) in [5, 5.41) is 18.0. The van der Waals surface area contributed by atoms with Crippen LogP contribution in [0.1, 0.15) is 26.7 Å². The van der Waals surface area contributed by atoms with E-state index < -0.39 is 19.5 Å². The van der Waals surface area contributed by atoms with Crippen LogP contribution in [-0.4, -0.2) is 21.9 Å². The molecule has 0 saturated carbocycles. The summed E-state index contributed by atoms with van der Waals surface area (Å²) in [4.78, 5) is 0. The van der Waals surface area contributed by atoms with E-state index in [-0.39, 0.29) is 0 Å². The summed E-state index contributed by atoms with van der Waals surface area (Å²) >= 11 is 0. The van der Waals surface area contributed by atoms with Crippen LogP contribution in [-0.2, 0) is 4.57 Å². The number of rotatable bonds is 4. The van der Waals surface area contributed by atoms with Crippen LogP contribution in [0.3, 0.4) is 0 Å². The molecule has 0 aliphatic carbocycles. The maximum Gasteiger partial charge on any atom is 0.401 e. The summed E-state index contributed by atoms with van der Waals surface area (Å²) in [5.74, 6) is -1.69. The van der Waals surface area contributed by atoms with E-state index in [1.165, 1.54) is 0 Å². The molecule has 4 heteroatoms. The SMILES string of the molecule is CCC(O)[P+](=O)C(O)CC. The molecule has 0 rings (SSSR count). The molecule has 0 amide bonds. The fourth-order valence-electron chi connectivity index (χ4n) is 0.559. The van der Waals surface area contributed by atoms with Gasteiger partial charge in [-0.25, -0.2) is 0 Å². The lowest BCUT2D eigenvalue weighted by Crippen LogP contribution is -2.07. The zero-order valence-corrected chi connectivity index (χ0v) is 7.21. The molecule has 0 fully saturated rings. The third kappa shape index (κ3) is 2.74. The second kappa shape index (κ2) is 4.78. The molecule has 0 aromatic carbocycles. The molecule has 0 radical (unpaired) electrons. The average Bonchev–Trinajstić information content (AvgIpc) is 2.00. The van der Waals surface area contributed by atoms with Gasteiger partial charge in [0.15, 0.2) is 0 Å². The van der Waals surface area contributed by atoms with Crippen molar-refractivity contribution < 1.29 is 14.8 Å². The monoisotopic (exact) mass is 165 g/mol. The zero-order valence-electron chi connectivity index (χ0n) is 6.32. The summed E-state index contributed by atoms with van der Waals surface area (Å²) in [6, 6.07) is 0. The first kappa shape index (κ1) is 10.0. The van der Waals surface area contributed by atoms with Gasteiger partial charge in [0.1, 0.15) is 0 Å². The van der Waals surface area contributed by atoms with E-state index in [1.807, 2.05) is 0 Å². The van der Waals surface area contributed by atoms with Crippen molar-refractivity contribution in [3.8, 4) is 0 Å². The van der Waals surface area contributed by atoms with Gasteiger partial charge >= 0.3 is 7.80 Å². The van der Waals surface area contributed by atoms with E-state index in [0.717, 1.165) is 0 Å². The van der Waals surface area contributed by atoms with E-state index in [4.69, 9.17) is 10.2 Å². The van der Waals surface area contributed by atoms with Crippen LogP contribution in [0.25, 0.3) is 0 Å². The van der Waals surface area contributed by atoms with Crippen LogP contribution >= 0.6 is 7.80 Å². The third-order valence-electron chi connectivity index (χ3n) is 1.32. The topological polar surface area (TPSA) is 57.5 Å². The molecule has 2 unspecified atom stereocenters. The van der Waals surface area contributed by atoms with Crippen molar-refractivity contribution in [3.63, 3.8) is 0 Å². The predicted molar refractivity (Wildman–Crippen MR) is 40.2 cm³/mol. The summed E-state index contributed by atoms with van der Waals surface area (Å²) in [7, 11) is -1.84. The molecular formula is C6H14O3P+. The number of aliphatic hydroxyl groups excluding tert-OH is 2. The molecule has 2 atom stereocenters. The van der Waals surface area contributed by atoms with Crippen molar-refractivity contribution in [2.45, 2.75) is 38.4 Å². The molecule has 0 aliphatic heterocycles. The van der Waals surface area contributed by atoms with Gasteiger partial charge in [0.2, 0.25) is 0 Å². The minimum absolute atomic E-state index is 0.437. The molecule has 0 aromatic rings. The van der Waals surface area contributed by atoms with Crippen LogP contribution < -0.4 is 0 Å². The quantitative estimate of drug-likeness (QED) is 0.617. The van der Waals surface area contributed by atoms with Crippen LogP contribution in [0.2, 0.25) is 0 Å². The van der Waals surface area contributed by atoms with E-state index in [9.17, 15) is 4.57 Å². The second-order valence-corrected chi connectivity index (χ2v) is 4.05. The van der Waals surface area contributed by atoms with Crippen molar-refractivity contribution in [2.24, 2.45) is 0 Å². The molecule has 0 bridgehead atoms. The standard InChI is InChI=1S/C6H14O3P/c1-3-5(7)10(9)6(8)4-2/h5-8H,3-4H2,1-2H3/q+1. The number of hydrogen-bond acceptors (Lipinski definition) is 3. The number of aliphatic hydroxyl groups is 2. The van der Waals surface area contributed by atoms with Crippen molar-refractivity contribution in [2.75, 3.05) is 0 Å². The Labute approximate surface area is 61.9 Å². The molecule has 0 aliphatic rings. The Balaban J connectivity index is 3.82. The molecule has 60 valence electrons. The van der Waals surface area contributed by atoms with E-state index >= 15 is 0 Å². The minimum atomic E-state index is -1.84. The van der Waals surface area contributed by atoms with Crippen molar-refractivity contribution in [3.05, 3.63) is 0 Å². The van der Waals surface area contributed by atoms with Gasteiger partial charge < -0.3 is 10.2 Å². The Morgan fingerprint density at radius 1 is 1.20 bits per heavy atom. The second-order valence-electron chi connectivity index (χ2n) is 2.14. The van der Waals surface area contributed by atoms with Crippen LogP contribution in [0.4, 0.5) is 0 Å². The summed E-state index contributed by atoms with van der Waals surface area (Å²) in [5.41, 5.74) is 0. The first-order chi connectivity index (χ1) is 4.63. The molecule has 0 heterocycles. The van der Waals surface area contributed by atoms with Crippen LogP contribution in [0, 0.1) is 0 Å². The normalized spacial score (nSPS) is 18.2. The van der Waals surface area contributed by atoms with Gasteiger partial charge in [-0.05, 0) is 0 Å². The first-order valence-electron chi connectivity index (χ1n) is 3.45. The van der Waals surface area contributed by atoms with Gasteiger partial charge in [-0.15, -0.1) is 0 Å². The summed E-state index contributed by atoms with van der Waals surface area (Å²) in [6.45, 7) is 3.47. The molecule has 0 spiro atoms. The van der Waals surface area contributed by atoms with E-state index in [0.29, 0.717) is 12.8 Å². The van der Waals surface area contributed by atoms with Gasteiger partial charge in [0.05, 0.1) is 0 Å². The highest BCUT2D eigenvalue weighted by atomic mass is 31.1. The largest absolute Gasteiger partial charge is 0.401 e. The zero-order chi connectivity index (χ0) is 8.15. The minimum Gasteiger partial charge on any atom is -0.351 e. The lowest BCUT2D eigenvalue weighted by Gasteiger charge is -1.98. The Hall–Kier alpha value is 0.0200. The van der Waals surface area contributed by atoms with Gasteiger partial charge in [0.25, 0.3) is 11.7 Å². The summed E-state index contributed by atoms with van der Waals surface area (Å²) in [6.07, 6.45) is 0.874. The van der Waals surface area contributed by atoms with Crippen LogP contribution in [0.15, 0.2) is 0 Å². The smallest absolute Gasteiger partial charge is 0.351 e. The predicted octanol–water partition coefficient (Wildman–Crippen LogP) is 1.27. The maximum atomic E-state index is 11.0. The molecule has 10 heavy (non-hydrogen) atoms. The van der Waals surface area contributed by atoms with Crippen molar-refractivity contribution >= 4 is 7.80 Å². The number of hydrogen-bond donors (Lipinski definition) is 2. The molecule has 2 N–H and O–H groups in total. The van der Waals surface area contributed by atoms with Crippen molar-refractivity contribution in [1.29, 1.82) is 0 Å². The van der Waals surface area contributed by atoms with Gasteiger partial charge in [-0.2, -0.15) is 0 Å². The highest BCUT2D eigenvalue weighted by molar-refractivity contribution is 7.45. The van der Waals surface area contributed by atoms with Gasteiger partial charge in [-0.1, -0.05) is 18.4 Å². The van der Waals surface area contributed by atoms with Crippen LogP contribution in [0.5, 0.6) is 0 Å². The Morgan fingerprint density at radius 2 is 1.50 bits per heavy atom. The van der Waals surface area contributed by atoms with Gasteiger partial charge in [0, 0.05) is 12.8 Å². The lowest BCUT2D eigenvalue weighted by molar-refractivity contribution is 0.211. The average molecular weight is 165 g/mol. The molecule has 0 aromatic heterocycles. The summed E-state index contributed by atoms with van der Waals surface area (Å²) < 4.78 is 11.0. The maximum absolute atomic E-state index is 11.0.